The molecule has 0 bridgehead atoms. The number of rotatable bonds is 2. The maximum absolute atomic E-state index is 13.5. The van der Waals surface area contributed by atoms with Gasteiger partial charge in [0.2, 0.25) is 0 Å². The molecular formula is C27H22BrN3O. The van der Waals surface area contributed by atoms with Crippen LogP contribution < -0.4 is 5.56 Å². The Bertz CT molecular complexity index is 1540. The maximum Gasteiger partial charge on any atom is 0.282 e. The molecule has 32 heavy (non-hydrogen) atoms. The Morgan fingerprint density at radius 3 is 2.12 bits per heavy atom. The van der Waals surface area contributed by atoms with E-state index in [1.54, 1.807) is 12.3 Å². The van der Waals surface area contributed by atoms with Gasteiger partial charge in [-0.2, -0.15) is 9.78 Å². The maximum atomic E-state index is 13.5. The molecule has 0 saturated heterocycles. The van der Waals surface area contributed by atoms with Crippen molar-refractivity contribution in [3.05, 3.63) is 99.0 Å². The van der Waals surface area contributed by atoms with E-state index in [4.69, 9.17) is 10.1 Å². The average molecular weight is 484 g/mol. The van der Waals surface area contributed by atoms with Gasteiger partial charge in [-0.15, -0.1) is 0 Å². The first-order valence-electron chi connectivity index (χ1n) is 10.5. The molecule has 0 unspecified atom stereocenters. The van der Waals surface area contributed by atoms with Gasteiger partial charge in [-0.25, -0.2) is 4.98 Å². The summed E-state index contributed by atoms with van der Waals surface area (Å²) in [7, 11) is 0. The van der Waals surface area contributed by atoms with E-state index in [9.17, 15) is 4.79 Å². The third-order valence-corrected chi connectivity index (χ3v) is 6.09. The fraction of sp³-hybridized carbons (Fsp3) is 0.148. The zero-order chi connectivity index (χ0) is 22.5. The second kappa shape index (κ2) is 7.68. The molecule has 0 fully saturated rings. The first kappa shape index (κ1) is 20.6. The lowest BCUT2D eigenvalue weighted by Crippen LogP contribution is -2.29. The minimum atomic E-state index is -0.363. The van der Waals surface area contributed by atoms with Gasteiger partial charge < -0.3 is 0 Å². The van der Waals surface area contributed by atoms with Gasteiger partial charge in [-0.05, 0) is 45.8 Å². The second-order valence-electron chi connectivity index (χ2n) is 8.94. The van der Waals surface area contributed by atoms with Crippen LogP contribution in [-0.4, -0.2) is 15.9 Å². The van der Waals surface area contributed by atoms with Gasteiger partial charge in [-0.3, -0.25) is 4.79 Å². The molecule has 0 atom stereocenters. The van der Waals surface area contributed by atoms with Gasteiger partial charge in [0, 0.05) is 15.5 Å². The van der Waals surface area contributed by atoms with Crippen LogP contribution in [-0.2, 0) is 5.41 Å². The molecule has 0 amide bonds. The summed E-state index contributed by atoms with van der Waals surface area (Å²) in [5, 5.41) is 9.72. The summed E-state index contributed by atoms with van der Waals surface area (Å²) in [6.07, 6.45) is 1.80. The quantitative estimate of drug-likeness (QED) is 0.208. The lowest BCUT2D eigenvalue weighted by Gasteiger charge is -2.21. The topological polar surface area (TPSA) is 47.2 Å². The van der Waals surface area contributed by atoms with Crippen LogP contribution in [0.3, 0.4) is 0 Å². The summed E-state index contributed by atoms with van der Waals surface area (Å²) >= 11 is 3.46. The van der Waals surface area contributed by atoms with Gasteiger partial charge >= 0.3 is 0 Å². The highest BCUT2D eigenvalue weighted by Crippen LogP contribution is 2.28. The number of halogens is 1. The van der Waals surface area contributed by atoms with Crippen LogP contribution in [0.15, 0.2) is 87.2 Å². The molecule has 0 saturated carbocycles. The van der Waals surface area contributed by atoms with E-state index in [-0.39, 0.29) is 11.0 Å². The zero-order valence-electron chi connectivity index (χ0n) is 18.1. The van der Waals surface area contributed by atoms with E-state index in [2.05, 4.69) is 46.3 Å². The molecule has 1 heterocycles. The molecule has 0 aliphatic heterocycles. The van der Waals surface area contributed by atoms with Crippen LogP contribution >= 0.6 is 15.9 Å². The third-order valence-electron chi connectivity index (χ3n) is 5.59. The van der Waals surface area contributed by atoms with Gasteiger partial charge in [0.25, 0.3) is 5.56 Å². The summed E-state index contributed by atoms with van der Waals surface area (Å²) < 4.78 is 2.29. The molecule has 5 aromatic rings. The molecule has 5 heteroatoms. The summed E-state index contributed by atoms with van der Waals surface area (Å²) in [6.45, 7) is 6.12. The Morgan fingerprint density at radius 2 is 1.50 bits per heavy atom. The first-order valence-corrected chi connectivity index (χ1v) is 11.3. The second-order valence-corrected chi connectivity index (χ2v) is 9.86. The smallest absolute Gasteiger partial charge is 0.267 e. The summed E-state index contributed by atoms with van der Waals surface area (Å²) in [5.74, 6) is 0.623. The Balaban J connectivity index is 1.81. The van der Waals surface area contributed by atoms with Gasteiger partial charge in [0.1, 0.15) is 5.82 Å². The molecular weight excluding hydrogens is 462 g/mol. The lowest BCUT2D eigenvalue weighted by molar-refractivity contribution is 0.506. The fourth-order valence-corrected chi connectivity index (χ4v) is 4.41. The van der Waals surface area contributed by atoms with Gasteiger partial charge in [0.05, 0.1) is 17.1 Å². The van der Waals surface area contributed by atoms with Crippen molar-refractivity contribution >= 4 is 54.6 Å². The van der Waals surface area contributed by atoms with E-state index in [1.165, 1.54) is 4.68 Å². The van der Waals surface area contributed by atoms with Crippen molar-refractivity contribution in [2.45, 2.75) is 26.2 Å². The molecule has 0 spiro atoms. The highest BCUT2D eigenvalue weighted by Gasteiger charge is 2.23. The lowest BCUT2D eigenvalue weighted by atomic mass is 9.95. The predicted molar refractivity (Wildman–Crippen MR) is 137 cm³/mol. The highest BCUT2D eigenvalue weighted by molar-refractivity contribution is 9.10. The SMILES string of the molecule is CC(C)(C)c1nc2ccc(Br)cc2c(=O)n1N=Cc1c2ccccc2cc2ccccc12. The van der Waals surface area contributed by atoms with Gasteiger partial charge in [-0.1, -0.05) is 85.2 Å². The molecule has 4 aromatic carbocycles. The van der Waals surface area contributed by atoms with E-state index in [0.717, 1.165) is 31.6 Å². The van der Waals surface area contributed by atoms with Crippen molar-refractivity contribution < 1.29 is 0 Å². The Hall–Kier alpha value is -3.31. The predicted octanol–water partition coefficient (Wildman–Crippen LogP) is 6.65. The monoisotopic (exact) mass is 483 g/mol. The number of fused-ring (bicyclic) bond motifs is 3. The van der Waals surface area contributed by atoms with Crippen molar-refractivity contribution in [2.24, 2.45) is 5.10 Å². The number of aromatic nitrogens is 2. The van der Waals surface area contributed by atoms with Crippen LogP contribution in [0, 0.1) is 0 Å². The van der Waals surface area contributed by atoms with E-state index >= 15 is 0 Å². The van der Waals surface area contributed by atoms with Crippen molar-refractivity contribution in [3.8, 4) is 0 Å². The Labute approximate surface area is 194 Å². The first-order chi connectivity index (χ1) is 15.3. The van der Waals surface area contributed by atoms with Crippen LogP contribution in [0.5, 0.6) is 0 Å². The Kier molecular flexibility index (Phi) is 4.94. The van der Waals surface area contributed by atoms with E-state index < -0.39 is 0 Å². The van der Waals surface area contributed by atoms with E-state index in [1.807, 2.05) is 57.2 Å². The Morgan fingerprint density at radius 1 is 0.875 bits per heavy atom. The number of nitrogens with zero attached hydrogens (tertiary/aromatic N) is 3. The van der Waals surface area contributed by atoms with Crippen LogP contribution in [0.4, 0.5) is 0 Å². The normalized spacial score (nSPS) is 12.4. The van der Waals surface area contributed by atoms with Crippen molar-refractivity contribution in [1.29, 1.82) is 0 Å². The highest BCUT2D eigenvalue weighted by atomic mass is 79.9. The van der Waals surface area contributed by atoms with Crippen LogP contribution in [0.1, 0.15) is 32.2 Å². The van der Waals surface area contributed by atoms with Crippen molar-refractivity contribution in [2.75, 3.05) is 0 Å². The fourth-order valence-electron chi connectivity index (χ4n) is 4.04. The minimum Gasteiger partial charge on any atom is -0.267 e. The van der Waals surface area contributed by atoms with Crippen LogP contribution in [0.2, 0.25) is 0 Å². The summed E-state index contributed by atoms with van der Waals surface area (Å²) in [4.78, 5) is 18.3. The van der Waals surface area contributed by atoms with E-state index in [0.29, 0.717) is 16.7 Å². The number of hydrogen-bond acceptors (Lipinski definition) is 3. The molecule has 4 nitrogen and oxygen atoms in total. The minimum absolute atomic E-state index is 0.179. The molecule has 0 N–H and O–H groups in total. The number of hydrogen-bond donors (Lipinski definition) is 0. The number of benzene rings is 4. The molecule has 0 aliphatic rings. The standard InChI is InChI=1S/C27H22BrN3O/c1-27(2,3)26-30-24-13-12-19(28)15-22(24)25(32)31(26)29-16-23-20-10-6-4-8-17(20)14-18-9-5-7-11-21(18)23/h4-16H,1-3H3. The average Bonchev–Trinajstić information content (AvgIpc) is 2.77. The molecule has 0 aliphatic carbocycles. The van der Waals surface area contributed by atoms with Gasteiger partial charge in [0.15, 0.2) is 0 Å². The van der Waals surface area contributed by atoms with Crippen LogP contribution in [0.25, 0.3) is 32.4 Å². The summed E-state index contributed by atoms with van der Waals surface area (Å²) in [5.41, 5.74) is 1.12. The largest absolute Gasteiger partial charge is 0.282 e. The van der Waals surface area contributed by atoms with Crippen molar-refractivity contribution in [3.63, 3.8) is 0 Å². The zero-order valence-corrected chi connectivity index (χ0v) is 19.7. The molecule has 5 rings (SSSR count). The molecule has 158 valence electrons. The molecule has 0 radical (unpaired) electrons. The third kappa shape index (κ3) is 3.53. The summed E-state index contributed by atoms with van der Waals surface area (Å²) in [6, 6.07) is 24.2. The molecule has 1 aromatic heterocycles. The van der Waals surface area contributed by atoms with Crippen molar-refractivity contribution in [1.82, 2.24) is 9.66 Å².